The van der Waals surface area contributed by atoms with E-state index in [4.69, 9.17) is 17.3 Å². The number of thiocarbonyl (C=S) groups is 1. The summed E-state index contributed by atoms with van der Waals surface area (Å²) in [6.45, 7) is 0.312. The quantitative estimate of drug-likeness (QED) is 0.603. The van der Waals surface area contributed by atoms with E-state index in [1.807, 2.05) is 36.4 Å². The number of thioether (sulfide) groups is 1. The first kappa shape index (κ1) is 18.3. The van der Waals surface area contributed by atoms with Gasteiger partial charge in [0.2, 0.25) is 0 Å². The van der Waals surface area contributed by atoms with E-state index < -0.39 is 5.97 Å². The van der Waals surface area contributed by atoms with Crippen LogP contribution in [-0.2, 0) is 9.59 Å². The molecule has 2 aromatic rings. The number of hydrogen-bond acceptors (Lipinski definition) is 5. The van der Waals surface area contributed by atoms with Gasteiger partial charge in [-0.2, -0.15) is 0 Å². The van der Waals surface area contributed by atoms with E-state index in [2.05, 4.69) is 4.98 Å². The van der Waals surface area contributed by atoms with Gasteiger partial charge < -0.3 is 5.11 Å². The van der Waals surface area contributed by atoms with Crippen LogP contribution in [0.5, 0.6) is 0 Å². The summed E-state index contributed by atoms with van der Waals surface area (Å²) in [6, 6.07) is 11.8. The Kier molecular flexibility index (Phi) is 5.80. The molecule has 7 heteroatoms. The Balaban J connectivity index is 1.84. The first-order valence-electron chi connectivity index (χ1n) is 8.03. The van der Waals surface area contributed by atoms with Crippen molar-refractivity contribution in [3.8, 4) is 11.1 Å². The second-order valence-corrected chi connectivity index (χ2v) is 7.34. The van der Waals surface area contributed by atoms with Gasteiger partial charge in [-0.05, 0) is 29.7 Å². The summed E-state index contributed by atoms with van der Waals surface area (Å²) in [4.78, 5) is 29.4. The SMILES string of the molecule is O=C(O)CCCN1C(=O)C(=Cc2cnccc2-c2ccccc2)SC1=S. The topological polar surface area (TPSA) is 70.5 Å². The minimum atomic E-state index is -0.881. The first-order chi connectivity index (χ1) is 12.6. The normalized spacial score (nSPS) is 15.7. The number of rotatable bonds is 6. The fourth-order valence-corrected chi connectivity index (χ4v) is 3.92. The first-order valence-corrected chi connectivity index (χ1v) is 9.25. The summed E-state index contributed by atoms with van der Waals surface area (Å²) in [6.07, 6.45) is 5.62. The predicted octanol–water partition coefficient (Wildman–Crippen LogP) is 3.81. The number of aromatic nitrogens is 1. The van der Waals surface area contributed by atoms with E-state index in [0.29, 0.717) is 22.2 Å². The molecule has 2 heterocycles. The Morgan fingerprint density at radius 2 is 2.04 bits per heavy atom. The van der Waals surface area contributed by atoms with Crippen molar-refractivity contribution in [2.45, 2.75) is 12.8 Å². The summed E-state index contributed by atoms with van der Waals surface area (Å²) < 4.78 is 0.455. The van der Waals surface area contributed by atoms with Crippen molar-refractivity contribution in [2.24, 2.45) is 0 Å². The van der Waals surface area contributed by atoms with Crippen molar-refractivity contribution in [2.75, 3.05) is 6.54 Å². The number of carbonyl (C=O) groups excluding carboxylic acids is 1. The van der Waals surface area contributed by atoms with Gasteiger partial charge in [-0.25, -0.2) is 0 Å². The predicted molar refractivity (Wildman–Crippen MR) is 106 cm³/mol. The third-order valence-electron chi connectivity index (χ3n) is 3.87. The molecule has 0 atom stereocenters. The fourth-order valence-electron chi connectivity index (χ4n) is 2.62. The van der Waals surface area contributed by atoms with Crippen LogP contribution < -0.4 is 0 Å². The second kappa shape index (κ2) is 8.25. The number of benzene rings is 1. The van der Waals surface area contributed by atoms with Gasteiger partial charge in [-0.3, -0.25) is 19.5 Å². The zero-order valence-electron chi connectivity index (χ0n) is 13.8. The maximum absolute atomic E-state index is 12.6. The molecule has 0 radical (unpaired) electrons. The van der Waals surface area contributed by atoms with Crippen LogP contribution in [-0.4, -0.2) is 37.7 Å². The van der Waals surface area contributed by atoms with Crippen molar-refractivity contribution >= 4 is 46.3 Å². The molecule has 1 fully saturated rings. The van der Waals surface area contributed by atoms with E-state index in [1.54, 1.807) is 18.5 Å². The molecule has 1 N–H and O–H groups in total. The minimum absolute atomic E-state index is 0.0108. The summed E-state index contributed by atoms with van der Waals surface area (Å²) in [7, 11) is 0. The van der Waals surface area contributed by atoms with Gasteiger partial charge in [-0.1, -0.05) is 54.3 Å². The zero-order chi connectivity index (χ0) is 18.5. The fraction of sp³-hybridized carbons (Fsp3) is 0.158. The van der Waals surface area contributed by atoms with E-state index in [0.717, 1.165) is 16.7 Å². The Hall–Kier alpha value is -2.51. The lowest BCUT2D eigenvalue weighted by atomic mass is 10.0. The molecular formula is C19H16N2O3S2. The van der Waals surface area contributed by atoms with E-state index in [9.17, 15) is 9.59 Å². The number of nitrogens with zero attached hydrogens (tertiary/aromatic N) is 2. The number of amides is 1. The maximum atomic E-state index is 12.6. The highest BCUT2D eigenvalue weighted by atomic mass is 32.2. The Morgan fingerprint density at radius 1 is 1.27 bits per heavy atom. The van der Waals surface area contributed by atoms with Gasteiger partial charge in [-0.15, -0.1) is 0 Å². The molecule has 132 valence electrons. The summed E-state index contributed by atoms with van der Waals surface area (Å²) in [5.74, 6) is -1.07. The van der Waals surface area contributed by atoms with Gasteiger partial charge in [0.15, 0.2) is 0 Å². The average Bonchev–Trinajstić information content (AvgIpc) is 2.90. The summed E-state index contributed by atoms with van der Waals surface area (Å²) in [5.41, 5.74) is 2.86. The average molecular weight is 384 g/mol. The van der Waals surface area contributed by atoms with Gasteiger partial charge >= 0.3 is 5.97 Å². The van der Waals surface area contributed by atoms with Crippen LogP contribution in [0.4, 0.5) is 0 Å². The third kappa shape index (κ3) is 4.17. The molecular weight excluding hydrogens is 368 g/mol. The number of aliphatic carboxylic acids is 1. The largest absolute Gasteiger partial charge is 0.481 e. The molecule has 1 amide bonds. The molecule has 1 saturated heterocycles. The summed E-state index contributed by atoms with van der Waals surface area (Å²) in [5, 5.41) is 8.74. The van der Waals surface area contributed by atoms with Crippen molar-refractivity contribution in [1.29, 1.82) is 0 Å². The van der Waals surface area contributed by atoms with Crippen molar-refractivity contribution in [3.05, 3.63) is 59.3 Å². The molecule has 0 unspecified atom stereocenters. The van der Waals surface area contributed by atoms with Gasteiger partial charge in [0.1, 0.15) is 4.32 Å². The lowest BCUT2D eigenvalue weighted by molar-refractivity contribution is -0.137. The van der Waals surface area contributed by atoms with Crippen molar-refractivity contribution < 1.29 is 14.7 Å². The van der Waals surface area contributed by atoms with Crippen LogP contribution in [0.2, 0.25) is 0 Å². The number of pyridine rings is 1. The molecule has 1 aliphatic heterocycles. The minimum Gasteiger partial charge on any atom is -0.481 e. The molecule has 0 bridgehead atoms. The van der Waals surface area contributed by atoms with Crippen LogP contribution in [0.15, 0.2) is 53.7 Å². The monoisotopic (exact) mass is 384 g/mol. The van der Waals surface area contributed by atoms with Crippen LogP contribution in [0.25, 0.3) is 17.2 Å². The second-order valence-electron chi connectivity index (χ2n) is 5.66. The van der Waals surface area contributed by atoms with Crippen molar-refractivity contribution in [3.63, 3.8) is 0 Å². The third-order valence-corrected chi connectivity index (χ3v) is 5.25. The van der Waals surface area contributed by atoms with Crippen LogP contribution >= 0.6 is 24.0 Å². The smallest absolute Gasteiger partial charge is 0.303 e. The van der Waals surface area contributed by atoms with E-state index >= 15 is 0 Å². The van der Waals surface area contributed by atoms with E-state index in [-0.39, 0.29) is 12.3 Å². The molecule has 5 nitrogen and oxygen atoms in total. The van der Waals surface area contributed by atoms with Crippen LogP contribution in [0.1, 0.15) is 18.4 Å². The molecule has 1 aromatic heterocycles. The number of carboxylic acid groups (broad SMARTS) is 1. The molecule has 3 rings (SSSR count). The Bertz CT molecular complexity index is 881. The standard InChI is InChI=1S/C19H16N2O3S2/c22-17(23)7-4-10-21-18(24)16(26-19(21)25)11-14-12-20-9-8-15(14)13-5-2-1-3-6-13/h1-3,5-6,8-9,11-12H,4,7,10H2,(H,22,23). The Labute approximate surface area is 160 Å². The van der Waals surface area contributed by atoms with Crippen LogP contribution in [0, 0.1) is 0 Å². The number of carbonyl (C=O) groups is 2. The maximum Gasteiger partial charge on any atom is 0.303 e. The van der Waals surface area contributed by atoms with Crippen molar-refractivity contribution in [1.82, 2.24) is 9.88 Å². The highest BCUT2D eigenvalue weighted by Crippen LogP contribution is 2.34. The highest BCUT2D eigenvalue weighted by Gasteiger charge is 2.31. The molecule has 26 heavy (non-hydrogen) atoms. The van der Waals surface area contributed by atoms with Gasteiger partial charge in [0.05, 0.1) is 4.91 Å². The molecule has 0 saturated carbocycles. The van der Waals surface area contributed by atoms with Gasteiger partial charge in [0.25, 0.3) is 5.91 Å². The number of carboxylic acids is 1. The van der Waals surface area contributed by atoms with Crippen LogP contribution in [0.3, 0.4) is 0 Å². The molecule has 1 aliphatic rings. The molecule has 0 spiro atoms. The Morgan fingerprint density at radius 3 is 2.77 bits per heavy atom. The molecule has 1 aromatic carbocycles. The van der Waals surface area contributed by atoms with E-state index in [1.165, 1.54) is 16.7 Å². The number of hydrogen-bond donors (Lipinski definition) is 1. The summed E-state index contributed by atoms with van der Waals surface area (Å²) >= 11 is 6.51. The zero-order valence-corrected chi connectivity index (χ0v) is 15.4. The highest BCUT2D eigenvalue weighted by molar-refractivity contribution is 8.26. The lowest BCUT2D eigenvalue weighted by Gasteiger charge is -2.13. The van der Waals surface area contributed by atoms with Gasteiger partial charge in [0, 0.05) is 30.9 Å². The molecule has 0 aliphatic carbocycles. The lowest BCUT2D eigenvalue weighted by Crippen LogP contribution is -2.29.